The standard InChI is InChI=1S/C19H22F2N4O2S/c1-13(15-3-2-14(20)12-16(15)21)24-7-9-25(10-8-24)18(27)5-4-17(26)23-19-22-6-11-28-19/h2-3,6,11-13H,4-5,7-10H2,1H3,(H,22,23,26). The second kappa shape index (κ2) is 9.20. The Kier molecular flexibility index (Phi) is 6.69. The minimum absolute atomic E-state index is 0.0745. The van der Waals surface area contributed by atoms with Gasteiger partial charge in [-0.1, -0.05) is 6.07 Å². The van der Waals surface area contributed by atoms with Crippen LogP contribution in [0.2, 0.25) is 0 Å². The third-order valence-electron chi connectivity index (χ3n) is 4.87. The van der Waals surface area contributed by atoms with E-state index in [9.17, 15) is 18.4 Å². The van der Waals surface area contributed by atoms with Crippen LogP contribution in [0.25, 0.3) is 0 Å². The molecule has 0 bridgehead atoms. The second-order valence-electron chi connectivity index (χ2n) is 6.64. The van der Waals surface area contributed by atoms with Crippen LogP contribution in [0.3, 0.4) is 0 Å². The van der Waals surface area contributed by atoms with E-state index in [2.05, 4.69) is 15.2 Å². The van der Waals surface area contributed by atoms with Crippen LogP contribution in [0, 0.1) is 11.6 Å². The van der Waals surface area contributed by atoms with E-state index in [1.54, 1.807) is 16.5 Å². The molecule has 1 saturated heterocycles. The maximum absolute atomic E-state index is 14.0. The number of hydrogen-bond donors (Lipinski definition) is 1. The van der Waals surface area contributed by atoms with Gasteiger partial charge < -0.3 is 10.2 Å². The second-order valence-corrected chi connectivity index (χ2v) is 7.54. The molecule has 0 radical (unpaired) electrons. The molecule has 150 valence electrons. The first-order valence-electron chi connectivity index (χ1n) is 9.10. The summed E-state index contributed by atoms with van der Waals surface area (Å²) in [5.74, 6) is -1.46. The average molecular weight is 408 g/mol. The number of aromatic nitrogens is 1. The number of carbonyl (C=O) groups excluding carboxylic acids is 2. The van der Waals surface area contributed by atoms with Crippen molar-refractivity contribution < 1.29 is 18.4 Å². The van der Waals surface area contributed by atoms with Gasteiger partial charge in [-0.25, -0.2) is 13.8 Å². The molecule has 0 aliphatic carbocycles. The van der Waals surface area contributed by atoms with Crippen LogP contribution in [-0.4, -0.2) is 52.8 Å². The monoisotopic (exact) mass is 408 g/mol. The van der Waals surface area contributed by atoms with Crippen LogP contribution in [0.5, 0.6) is 0 Å². The van der Waals surface area contributed by atoms with Crippen molar-refractivity contribution in [2.24, 2.45) is 0 Å². The minimum Gasteiger partial charge on any atom is -0.340 e. The Balaban J connectivity index is 1.45. The van der Waals surface area contributed by atoms with Crippen molar-refractivity contribution in [2.45, 2.75) is 25.8 Å². The Bertz CT molecular complexity index is 823. The fraction of sp³-hybridized carbons (Fsp3) is 0.421. The summed E-state index contributed by atoms with van der Waals surface area (Å²) in [6.45, 7) is 4.08. The summed E-state index contributed by atoms with van der Waals surface area (Å²) in [5.41, 5.74) is 0.444. The molecule has 1 fully saturated rings. The molecule has 6 nitrogen and oxygen atoms in total. The van der Waals surface area contributed by atoms with Crippen LogP contribution in [0.4, 0.5) is 13.9 Å². The quantitative estimate of drug-likeness (QED) is 0.798. The van der Waals surface area contributed by atoms with Crippen molar-refractivity contribution in [3.63, 3.8) is 0 Å². The fourth-order valence-corrected chi connectivity index (χ4v) is 3.79. The van der Waals surface area contributed by atoms with Gasteiger partial charge in [-0.15, -0.1) is 11.3 Å². The number of halogens is 2. The van der Waals surface area contributed by atoms with Gasteiger partial charge in [-0.3, -0.25) is 14.5 Å². The third-order valence-corrected chi connectivity index (χ3v) is 5.56. The molecule has 1 N–H and O–H groups in total. The summed E-state index contributed by atoms with van der Waals surface area (Å²) in [7, 11) is 0. The maximum atomic E-state index is 14.0. The third kappa shape index (κ3) is 5.11. The summed E-state index contributed by atoms with van der Waals surface area (Å²) in [5, 5.41) is 4.94. The molecule has 28 heavy (non-hydrogen) atoms. The number of rotatable bonds is 6. The van der Waals surface area contributed by atoms with E-state index in [0.29, 0.717) is 36.9 Å². The van der Waals surface area contributed by atoms with Crippen molar-refractivity contribution in [3.8, 4) is 0 Å². The summed E-state index contributed by atoms with van der Waals surface area (Å²) >= 11 is 1.32. The molecule has 0 saturated carbocycles. The average Bonchev–Trinajstić information content (AvgIpc) is 3.19. The number of hydrogen-bond acceptors (Lipinski definition) is 5. The molecule has 1 unspecified atom stereocenters. The number of piperazine rings is 1. The van der Waals surface area contributed by atoms with Gasteiger partial charge in [0.15, 0.2) is 5.13 Å². The smallest absolute Gasteiger partial charge is 0.226 e. The normalized spacial score (nSPS) is 16.0. The molecule has 3 rings (SSSR count). The van der Waals surface area contributed by atoms with E-state index < -0.39 is 11.6 Å². The first-order chi connectivity index (χ1) is 13.4. The van der Waals surface area contributed by atoms with Gasteiger partial charge >= 0.3 is 0 Å². The van der Waals surface area contributed by atoms with Crippen LogP contribution in [0.15, 0.2) is 29.8 Å². The van der Waals surface area contributed by atoms with Crippen molar-refractivity contribution in [1.29, 1.82) is 0 Å². The van der Waals surface area contributed by atoms with Crippen molar-refractivity contribution >= 4 is 28.3 Å². The highest BCUT2D eigenvalue weighted by Gasteiger charge is 2.26. The summed E-state index contributed by atoms with van der Waals surface area (Å²) < 4.78 is 27.1. The van der Waals surface area contributed by atoms with Crippen molar-refractivity contribution in [3.05, 3.63) is 47.0 Å². The molecule has 9 heteroatoms. The highest BCUT2D eigenvalue weighted by atomic mass is 32.1. The SMILES string of the molecule is CC(c1ccc(F)cc1F)N1CCN(C(=O)CCC(=O)Nc2nccs2)CC1. The molecule has 1 atom stereocenters. The van der Waals surface area contributed by atoms with Gasteiger partial charge in [0.1, 0.15) is 11.6 Å². The van der Waals surface area contributed by atoms with Gasteiger partial charge in [0.2, 0.25) is 11.8 Å². The van der Waals surface area contributed by atoms with Crippen LogP contribution in [0.1, 0.15) is 31.4 Å². The Morgan fingerprint density at radius 3 is 2.61 bits per heavy atom. The molecule has 1 aromatic heterocycles. The van der Waals surface area contributed by atoms with Gasteiger partial charge in [0, 0.05) is 68.3 Å². The molecular weight excluding hydrogens is 386 g/mol. The highest BCUT2D eigenvalue weighted by Crippen LogP contribution is 2.25. The zero-order valence-electron chi connectivity index (χ0n) is 15.5. The van der Waals surface area contributed by atoms with Crippen molar-refractivity contribution in [1.82, 2.24) is 14.8 Å². The van der Waals surface area contributed by atoms with Crippen LogP contribution >= 0.6 is 11.3 Å². The minimum atomic E-state index is -0.595. The highest BCUT2D eigenvalue weighted by molar-refractivity contribution is 7.13. The largest absolute Gasteiger partial charge is 0.340 e. The lowest BCUT2D eigenvalue weighted by molar-refractivity contribution is -0.134. The van der Waals surface area contributed by atoms with E-state index in [1.807, 2.05) is 6.92 Å². The molecule has 1 aliphatic rings. The van der Waals surface area contributed by atoms with Crippen LogP contribution < -0.4 is 5.32 Å². The number of thiazole rings is 1. The Morgan fingerprint density at radius 2 is 1.96 bits per heavy atom. The van der Waals surface area contributed by atoms with Gasteiger partial charge in [-0.2, -0.15) is 0 Å². The van der Waals surface area contributed by atoms with E-state index in [1.165, 1.54) is 23.5 Å². The molecule has 2 amide bonds. The zero-order chi connectivity index (χ0) is 20.1. The lowest BCUT2D eigenvalue weighted by Gasteiger charge is -2.38. The summed E-state index contributed by atoms with van der Waals surface area (Å²) in [6.07, 6.45) is 1.85. The van der Waals surface area contributed by atoms with E-state index in [4.69, 9.17) is 0 Å². The number of benzene rings is 1. The predicted molar refractivity (Wildman–Crippen MR) is 103 cm³/mol. The predicted octanol–water partition coefficient (Wildman–Crippen LogP) is 3.05. The summed E-state index contributed by atoms with van der Waals surface area (Å²) in [4.78, 5) is 32.0. The molecule has 1 aromatic carbocycles. The van der Waals surface area contributed by atoms with Crippen LogP contribution in [-0.2, 0) is 9.59 Å². The van der Waals surface area contributed by atoms with E-state index in [-0.39, 0.29) is 30.7 Å². The first-order valence-corrected chi connectivity index (χ1v) is 9.98. The number of nitrogens with zero attached hydrogens (tertiary/aromatic N) is 3. The van der Waals surface area contributed by atoms with E-state index in [0.717, 1.165) is 6.07 Å². The lowest BCUT2D eigenvalue weighted by Crippen LogP contribution is -2.49. The molecule has 2 heterocycles. The maximum Gasteiger partial charge on any atom is 0.226 e. The number of amides is 2. The number of carbonyl (C=O) groups is 2. The van der Waals surface area contributed by atoms with Gasteiger partial charge in [0.05, 0.1) is 0 Å². The summed E-state index contributed by atoms with van der Waals surface area (Å²) in [6, 6.07) is 3.41. The number of nitrogens with one attached hydrogen (secondary N) is 1. The fourth-order valence-electron chi connectivity index (χ4n) is 3.24. The Hall–Kier alpha value is -2.39. The van der Waals surface area contributed by atoms with Gasteiger partial charge in [0.25, 0.3) is 0 Å². The molecule has 0 spiro atoms. The first kappa shape index (κ1) is 20.3. The number of anilines is 1. The molecular formula is C19H22F2N4O2S. The van der Waals surface area contributed by atoms with E-state index >= 15 is 0 Å². The van der Waals surface area contributed by atoms with Gasteiger partial charge in [-0.05, 0) is 13.0 Å². The molecule has 1 aliphatic heterocycles. The van der Waals surface area contributed by atoms with Crippen molar-refractivity contribution in [2.75, 3.05) is 31.5 Å². The topological polar surface area (TPSA) is 65.5 Å². The zero-order valence-corrected chi connectivity index (χ0v) is 16.3. The Morgan fingerprint density at radius 1 is 1.21 bits per heavy atom. The lowest BCUT2D eigenvalue weighted by atomic mass is 10.1. The molecule has 2 aromatic rings. The Labute approximate surface area is 166 Å².